The number of aromatic nitrogens is 2. The monoisotopic (exact) mass is 242 g/mol. The van der Waals surface area contributed by atoms with Crippen LogP contribution in [-0.2, 0) is 0 Å². The fourth-order valence-corrected chi connectivity index (χ4v) is 1.57. The fourth-order valence-electron chi connectivity index (χ4n) is 1.57. The maximum atomic E-state index is 5.08. The van der Waals surface area contributed by atoms with Crippen molar-refractivity contribution < 1.29 is 14.1 Å². The van der Waals surface area contributed by atoms with Crippen molar-refractivity contribution in [1.29, 1.82) is 0 Å². The molecule has 0 saturated carbocycles. The molecule has 90 valence electrons. The average Bonchev–Trinajstić information content (AvgIpc) is 3.08. The molecule has 2 aromatic carbocycles. The largest absolute Gasteiger partial charge is 0.454 e. The summed E-state index contributed by atoms with van der Waals surface area (Å²) in [6, 6.07) is 15.1. The first kappa shape index (κ1) is 10.6. The highest BCUT2D eigenvalue weighted by molar-refractivity contribution is 5.72. The van der Waals surface area contributed by atoms with Crippen LogP contribution in [0, 0.1) is 0 Å². The number of hydrogen-bond acceptors (Lipinski definition) is 5. The Kier molecular flexibility index (Phi) is 2.79. The molecule has 4 rings (SSSR count). The zero-order valence-corrected chi connectivity index (χ0v) is 9.45. The first-order valence-corrected chi connectivity index (χ1v) is 5.45. The normalized spacial score (nSPS) is 12.0. The third-order valence-corrected chi connectivity index (χ3v) is 2.44. The first-order valence-electron chi connectivity index (χ1n) is 5.45. The van der Waals surface area contributed by atoms with Crippen LogP contribution in [0.25, 0.3) is 11.0 Å². The Hall–Kier alpha value is -2.56. The van der Waals surface area contributed by atoms with Crippen LogP contribution in [-0.4, -0.2) is 17.1 Å². The molecule has 0 unspecified atom stereocenters. The summed E-state index contributed by atoms with van der Waals surface area (Å²) < 4.78 is 14.6. The van der Waals surface area contributed by atoms with Gasteiger partial charge in [-0.15, -0.1) is 0 Å². The highest BCUT2D eigenvalue weighted by Gasteiger charge is 2.09. The summed E-state index contributed by atoms with van der Waals surface area (Å²) in [6.07, 6.45) is 0. The van der Waals surface area contributed by atoms with Crippen molar-refractivity contribution in [2.24, 2.45) is 0 Å². The van der Waals surface area contributed by atoms with E-state index < -0.39 is 0 Å². The Morgan fingerprint density at radius 2 is 1.22 bits per heavy atom. The summed E-state index contributed by atoms with van der Waals surface area (Å²) >= 11 is 0. The summed E-state index contributed by atoms with van der Waals surface area (Å²) in [4.78, 5) is 0. The van der Waals surface area contributed by atoms with Gasteiger partial charge >= 0.3 is 0 Å². The molecule has 3 aromatic rings. The summed E-state index contributed by atoms with van der Waals surface area (Å²) in [7, 11) is 0. The quantitative estimate of drug-likeness (QED) is 0.606. The Balaban J connectivity index is 0.000000111. The van der Waals surface area contributed by atoms with E-state index in [1.54, 1.807) is 0 Å². The number of ether oxygens (including phenoxy) is 2. The zero-order chi connectivity index (χ0) is 12.2. The lowest BCUT2D eigenvalue weighted by molar-refractivity contribution is 0.174. The van der Waals surface area contributed by atoms with Crippen molar-refractivity contribution in [1.82, 2.24) is 10.3 Å². The van der Waals surface area contributed by atoms with Crippen LogP contribution in [0.3, 0.4) is 0 Å². The fraction of sp³-hybridized carbons (Fsp3) is 0.0769. The van der Waals surface area contributed by atoms with Crippen LogP contribution in [0.2, 0.25) is 0 Å². The van der Waals surface area contributed by atoms with Gasteiger partial charge in [0.05, 0.1) is 0 Å². The number of fused-ring (bicyclic) bond motifs is 2. The molecule has 0 aliphatic carbocycles. The van der Waals surface area contributed by atoms with Gasteiger partial charge in [0.15, 0.2) is 11.5 Å². The van der Waals surface area contributed by atoms with Crippen LogP contribution in [0.15, 0.2) is 53.2 Å². The van der Waals surface area contributed by atoms with E-state index in [0.29, 0.717) is 6.79 Å². The van der Waals surface area contributed by atoms with Crippen molar-refractivity contribution in [2.45, 2.75) is 0 Å². The van der Waals surface area contributed by atoms with Gasteiger partial charge in [-0.05, 0) is 34.6 Å². The van der Waals surface area contributed by atoms with Gasteiger partial charge in [-0.1, -0.05) is 24.3 Å². The Bertz CT molecular complexity index is 598. The van der Waals surface area contributed by atoms with Gasteiger partial charge in [0, 0.05) is 0 Å². The van der Waals surface area contributed by atoms with E-state index in [1.807, 2.05) is 48.5 Å². The molecular weight excluding hydrogens is 232 g/mol. The van der Waals surface area contributed by atoms with Gasteiger partial charge in [-0.25, -0.2) is 4.63 Å². The minimum Gasteiger partial charge on any atom is -0.454 e. The molecule has 0 amide bonds. The standard InChI is InChI=1S/C7H6O2.C6H4N2O/c1-2-4-7-6(3-1)8-5-9-7;1-2-4-6-5(3-1)7-9-8-6/h1-4H,5H2;1-4H. The lowest BCUT2D eigenvalue weighted by Gasteiger charge is -1.89. The Morgan fingerprint density at radius 1 is 0.722 bits per heavy atom. The van der Waals surface area contributed by atoms with E-state index in [4.69, 9.17) is 9.47 Å². The molecule has 1 aromatic heterocycles. The number of benzene rings is 2. The molecule has 0 N–H and O–H groups in total. The van der Waals surface area contributed by atoms with E-state index in [0.717, 1.165) is 22.5 Å². The summed E-state index contributed by atoms with van der Waals surface area (Å²) in [5.41, 5.74) is 1.61. The number of hydrogen-bond donors (Lipinski definition) is 0. The number of para-hydroxylation sites is 2. The molecular formula is C13H10N2O3. The topological polar surface area (TPSA) is 57.4 Å². The minimum absolute atomic E-state index is 0.360. The molecule has 1 aliphatic rings. The van der Waals surface area contributed by atoms with Crippen LogP contribution in [0.1, 0.15) is 0 Å². The minimum atomic E-state index is 0.360. The second-order valence-corrected chi connectivity index (χ2v) is 3.61. The molecule has 18 heavy (non-hydrogen) atoms. The van der Waals surface area contributed by atoms with E-state index in [2.05, 4.69) is 14.9 Å². The highest BCUT2D eigenvalue weighted by Crippen LogP contribution is 2.30. The van der Waals surface area contributed by atoms with Gasteiger partial charge in [0.1, 0.15) is 11.0 Å². The van der Waals surface area contributed by atoms with E-state index in [-0.39, 0.29) is 0 Å². The van der Waals surface area contributed by atoms with Gasteiger partial charge in [-0.2, -0.15) is 0 Å². The third kappa shape index (κ3) is 2.10. The van der Waals surface area contributed by atoms with Gasteiger partial charge in [-0.3, -0.25) is 0 Å². The van der Waals surface area contributed by atoms with Crippen molar-refractivity contribution in [3.8, 4) is 11.5 Å². The van der Waals surface area contributed by atoms with Gasteiger partial charge < -0.3 is 9.47 Å². The Labute approximate surface area is 103 Å². The van der Waals surface area contributed by atoms with Crippen molar-refractivity contribution in [3.63, 3.8) is 0 Å². The SMILES string of the molecule is c1ccc2c(c1)OCO2.c1ccc2nonc2c1. The zero-order valence-electron chi connectivity index (χ0n) is 9.45. The lowest BCUT2D eigenvalue weighted by atomic mass is 10.3. The molecule has 5 nitrogen and oxygen atoms in total. The molecule has 5 heteroatoms. The van der Waals surface area contributed by atoms with Crippen molar-refractivity contribution >= 4 is 11.0 Å². The second-order valence-electron chi connectivity index (χ2n) is 3.61. The Morgan fingerprint density at radius 3 is 1.78 bits per heavy atom. The first-order chi connectivity index (χ1) is 8.93. The molecule has 0 radical (unpaired) electrons. The maximum absolute atomic E-state index is 5.08. The van der Waals surface area contributed by atoms with Crippen LogP contribution in [0.4, 0.5) is 0 Å². The molecule has 1 aliphatic heterocycles. The summed E-state index contributed by atoms with van der Waals surface area (Å²) in [5.74, 6) is 1.69. The van der Waals surface area contributed by atoms with Crippen LogP contribution < -0.4 is 9.47 Å². The van der Waals surface area contributed by atoms with Gasteiger partial charge in [0.2, 0.25) is 6.79 Å². The summed E-state index contributed by atoms with van der Waals surface area (Å²) in [6.45, 7) is 0.360. The van der Waals surface area contributed by atoms with Crippen LogP contribution in [0.5, 0.6) is 11.5 Å². The van der Waals surface area contributed by atoms with Gasteiger partial charge in [0.25, 0.3) is 0 Å². The van der Waals surface area contributed by atoms with Crippen LogP contribution >= 0.6 is 0 Å². The molecule has 0 atom stereocenters. The number of nitrogens with zero attached hydrogens (tertiary/aromatic N) is 2. The van der Waals surface area contributed by atoms with E-state index in [9.17, 15) is 0 Å². The predicted octanol–water partition coefficient (Wildman–Crippen LogP) is 2.64. The number of rotatable bonds is 0. The smallest absolute Gasteiger partial charge is 0.231 e. The molecule has 2 heterocycles. The molecule has 0 saturated heterocycles. The van der Waals surface area contributed by atoms with E-state index in [1.165, 1.54) is 0 Å². The highest BCUT2D eigenvalue weighted by atomic mass is 16.7. The van der Waals surface area contributed by atoms with Crippen molar-refractivity contribution in [3.05, 3.63) is 48.5 Å². The predicted molar refractivity (Wildman–Crippen MR) is 64.4 cm³/mol. The molecule has 0 spiro atoms. The van der Waals surface area contributed by atoms with E-state index >= 15 is 0 Å². The third-order valence-electron chi connectivity index (χ3n) is 2.44. The molecule has 0 bridgehead atoms. The molecule has 0 fully saturated rings. The lowest BCUT2D eigenvalue weighted by Crippen LogP contribution is -1.92. The summed E-state index contributed by atoms with van der Waals surface area (Å²) in [5, 5.41) is 7.27. The average molecular weight is 242 g/mol. The maximum Gasteiger partial charge on any atom is 0.231 e. The van der Waals surface area contributed by atoms with Crippen molar-refractivity contribution in [2.75, 3.05) is 6.79 Å². The second kappa shape index (κ2) is 4.75.